The van der Waals surface area contributed by atoms with Crippen LogP contribution in [0.15, 0.2) is 18.2 Å². The van der Waals surface area contributed by atoms with Crippen LogP contribution in [0, 0.1) is 0 Å². The second-order valence-electron chi connectivity index (χ2n) is 6.16. The Morgan fingerprint density at radius 3 is 2.92 bits per heavy atom. The monoisotopic (exact) mass is 334 g/mol. The molecule has 0 unspecified atom stereocenters. The Morgan fingerprint density at radius 2 is 2.25 bits per heavy atom. The van der Waals surface area contributed by atoms with Gasteiger partial charge in [-0.3, -0.25) is 9.59 Å². The average molecular weight is 334 g/mol. The summed E-state index contributed by atoms with van der Waals surface area (Å²) in [5, 5.41) is 0. The summed E-state index contributed by atoms with van der Waals surface area (Å²) in [5.41, 5.74) is 6.18. The maximum atomic E-state index is 12.0. The van der Waals surface area contributed by atoms with Crippen molar-refractivity contribution in [2.45, 2.75) is 24.9 Å². The van der Waals surface area contributed by atoms with Crippen molar-refractivity contribution in [1.29, 1.82) is 0 Å². The third-order valence-electron chi connectivity index (χ3n) is 4.40. The number of amides is 2. The molecule has 3 rings (SSSR count). The molecule has 2 heterocycles. The molecule has 2 atom stereocenters. The van der Waals surface area contributed by atoms with E-state index in [-0.39, 0.29) is 24.5 Å². The minimum absolute atomic E-state index is 0.0185. The number of hydrogen-bond donors (Lipinski definition) is 1. The predicted octanol–water partition coefficient (Wildman–Crippen LogP) is 0.664. The van der Waals surface area contributed by atoms with Crippen molar-refractivity contribution in [2.75, 3.05) is 33.4 Å². The van der Waals surface area contributed by atoms with E-state index in [9.17, 15) is 9.59 Å². The van der Waals surface area contributed by atoms with Gasteiger partial charge in [-0.05, 0) is 17.7 Å². The van der Waals surface area contributed by atoms with Gasteiger partial charge < -0.3 is 24.8 Å². The Hall–Kier alpha value is -2.28. The van der Waals surface area contributed by atoms with Gasteiger partial charge >= 0.3 is 0 Å². The number of likely N-dealkylation sites (tertiary alicyclic amines) is 1. The van der Waals surface area contributed by atoms with Gasteiger partial charge in [0.05, 0.1) is 26.9 Å². The van der Waals surface area contributed by atoms with Gasteiger partial charge in [0.2, 0.25) is 11.8 Å². The molecule has 2 N–H and O–H groups in total. The lowest BCUT2D eigenvalue weighted by atomic mass is 9.98. The average Bonchev–Trinajstić information content (AvgIpc) is 3.17. The molecular formula is C17H22N2O5. The number of carbonyl (C=O) groups excluding carboxylic acids is 2. The first-order chi connectivity index (χ1) is 11.6. The topological polar surface area (TPSA) is 91.1 Å². The van der Waals surface area contributed by atoms with Crippen molar-refractivity contribution in [3.8, 4) is 11.5 Å². The van der Waals surface area contributed by atoms with E-state index >= 15 is 0 Å². The number of ether oxygens (including phenoxy) is 3. The highest BCUT2D eigenvalue weighted by Crippen LogP contribution is 2.35. The van der Waals surface area contributed by atoms with Crippen molar-refractivity contribution >= 4 is 11.8 Å². The molecular weight excluding hydrogens is 312 g/mol. The quantitative estimate of drug-likeness (QED) is 0.825. The van der Waals surface area contributed by atoms with Crippen LogP contribution >= 0.6 is 0 Å². The lowest BCUT2D eigenvalue weighted by molar-refractivity contribution is -0.132. The Balaban J connectivity index is 1.76. The van der Waals surface area contributed by atoms with E-state index in [0.29, 0.717) is 37.7 Å². The molecule has 130 valence electrons. The van der Waals surface area contributed by atoms with Crippen LogP contribution < -0.4 is 15.2 Å². The number of hydrogen-bond acceptors (Lipinski definition) is 5. The summed E-state index contributed by atoms with van der Waals surface area (Å²) in [6, 6.07) is 5.70. The SMILES string of the molecule is COc1ccc([C@@H]2CC(=O)N(CC(N)=O)C2)cc1O[C@@H]1CCOC1. The molecule has 0 aromatic heterocycles. The van der Waals surface area contributed by atoms with E-state index in [1.165, 1.54) is 4.90 Å². The first-order valence-electron chi connectivity index (χ1n) is 8.05. The number of nitrogens with zero attached hydrogens (tertiary/aromatic N) is 1. The van der Waals surface area contributed by atoms with Crippen molar-refractivity contribution in [3.05, 3.63) is 23.8 Å². The Bertz CT molecular complexity index is 627. The number of primary amides is 1. The summed E-state index contributed by atoms with van der Waals surface area (Å²) < 4.78 is 16.7. The highest BCUT2D eigenvalue weighted by molar-refractivity contribution is 5.85. The van der Waals surface area contributed by atoms with Crippen molar-refractivity contribution in [1.82, 2.24) is 4.90 Å². The van der Waals surface area contributed by atoms with Gasteiger partial charge in [0.25, 0.3) is 0 Å². The van der Waals surface area contributed by atoms with Gasteiger partial charge in [-0.25, -0.2) is 0 Å². The van der Waals surface area contributed by atoms with Crippen LogP contribution in [0.4, 0.5) is 0 Å². The van der Waals surface area contributed by atoms with Crippen LogP contribution in [0.5, 0.6) is 11.5 Å². The van der Waals surface area contributed by atoms with Crippen LogP contribution in [0.2, 0.25) is 0 Å². The molecule has 1 aromatic carbocycles. The van der Waals surface area contributed by atoms with E-state index in [1.807, 2.05) is 18.2 Å². The van der Waals surface area contributed by atoms with Crippen molar-refractivity contribution in [3.63, 3.8) is 0 Å². The van der Waals surface area contributed by atoms with Crippen LogP contribution in [-0.4, -0.2) is 56.2 Å². The zero-order chi connectivity index (χ0) is 17.1. The Kier molecular flexibility index (Phi) is 4.89. The fourth-order valence-corrected chi connectivity index (χ4v) is 3.16. The summed E-state index contributed by atoms with van der Waals surface area (Å²) in [7, 11) is 1.60. The van der Waals surface area contributed by atoms with Gasteiger partial charge in [-0.1, -0.05) is 6.07 Å². The fourth-order valence-electron chi connectivity index (χ4n) is 3.16. The molecule has 0 spiro atoms. The van der Waals surface area contributed by atoms with Crippen molar-refractivity contribution in [2.24, 2.45) is 5.73 Å². The molecule has 2 saturated heterocycles. The molecule has 2 aliphatic rings. The minimum Gasteiger partial charge on any atom is -0.493 e. The summed E-state index contributed by atoms with van der Waals surface area (Å²) >= 11 is 0. The highest BCUT2D eigenvalue weighted by Gasteiger charge is 2.32. The molecule has 2 fully saturated rings. The summed E-state index contributed by atoms with van der Waals surface area (Å²) in [4.78, 5) is 24.6. The van der Waals surface area contributed by atoms with Gasteiger partial charge in [-0.2, -0.15) is 0 Å². The van der Waals surface area contributed by atoms with E-state index in [1.54, 1.807) is 7.11 Å². The molecule has 2 amide bonds. The largest absolute Gasteiger partial charge is 0.493 e. The maximum absolute atomic E-state index is 12.0. The molecule has 7 nitrogen and oxygen atoms in total. The molecule has 0 aliphatic carbocycles. The molecule has 7 heteroatoms. The number of carbonyl (C=O) groups is 2. The highest BCUT2D eigenvalue weighted by atomic mass is 16.6. The van der Waals surface area contributed by atoms with Gasteiger partial charge in [0.1, 0.15) is 6.10 Å². The first kappa shape index (κ1) is 16.6. The molecule has 24 heavy (non-hydrogen) atoms. The van der Waals surface area contributed by atoms with E-state index in [2.05, 4.69) is 0 Å². The second-order valence-corrected chi connectivity index (χ2v) is 6.16. The lowest BCUT2D eigenvalue weighted by Gasteiger charge is -2.18. The smallest absolute Gasteiger partial charge is 0.237 e. The van der Waals surface area contributed by atoms with Crippen LogP contribution in [0.25, 0.3) is 0 Å². The van der Waals surface area contributed by atoms with Gasteiger partial charge in [0.15, 0.2) is 11.5 Å². The van der Waals surface area contributed by atoms with Gasteiger partial charge in [-0.15, -0.1) is 0 Å². The number of benzene rings is 1. The Morgan fingerprint density at radius 1 is 1.42 bits per heavy atom. The summed E-state index contributed by atoms with van der Waals surface area (Å²) in [5.74, 6) is 0.783. The maximum Gasteiger partial charge on any atom is 0.237 e. The number of methoxy groups -OCH3 is 1. The fraction of sp³-hybridized carbons (Fsp3) is 0.529. The number of nitrogens with two attached hydrogens (primary N) is 1. The zero-order valence-electron chi connectivity index (χ0n) is 13.7. The van der Waals surface area contributed by atoms with E-state index in [4.69, 9.17) is 19.9 Å². The third-order valence-corrected chi connectivity index (χ3v) is 4.40. The lowest BCUT2D eigenvalue weighted by Crippen LogP contribution is -2.34. The predicted molar refractivity (Wildman–Crippen MR) is 86.0 cm³/mol. The summed E-state index contributed by atoms with van der Waals surface area (Å²) in [6.45, 7) is 1.72. The van der Waals surface area contributed by atoms with Crippen LogP contribution in [0.1, 0.15) is 24.3 Å². The molecule has 0 bridgehead atoms. The molecule has 0 saturated carbocycles. The number of rotatable bonds is 6. The zero-order valence-corrected chi connectivity index (χ0v) is 13.7. The minimum atomic E-state index is -0.496. The first-order valence-corrected chi connectivity index (χ1v) is 8.05. The van der Waals surface area contributed by atoms with Gasteiger partial charge in [0, 0.05) is 25.3 Å². The molecule has 1 aromatic rings. The normalized spacial score (nSPS) is 23.5. The van der Waals surface area contributed by atoms with Crippen LogP contribution in [-0.2, 0) is 14.3 Å². The second kappa shape index (κ2) is 7.09. The Labute approximate surface area is 140 Å². The van der Waals surface area contributed by atoms with E-state index < -0.39 is 5.91 Å². The molecule has 0 radical (unpaired) electrons. The van der Waals surface area contributed by atoms with Crippen LogP contribution in [0.3, 0.4) is 0 Å². The molecule has 2 aliphatic heterocycles. The van der Waals surface area contributed by atoms with E-state index in [0.717, 1.165) is 12.0 Å². The third kappa shape index (κ3) is 3.62. The standard InChI is InChI=1S/C17H22N2O5/c1-22-14-3-2-11(6-15(14)24-13-4-5-23-10-13)12-7-17(21)19(8-12)9-16(18)20/h2-3,6,12-13H,4-5,7-10H2,1H3,(H2,18,20)/t12-,13-/m1/s1. The summed E-state index contributed by atoms with van der Waals surface area (Å²) in [6.07, 6.45) is 1.23. The van der Waals surface area contributed by atoms with Crippen molar-refractivity contribution < 1.29 is 23.8 Å².